The first-order valence-corrected chi connectivity index (χ1v) is 19.6. The predicted octanol–water partition coefficient (Wildman–Crippen LogP) is 2.42. The molecule has 1 aromatic carbocycles. The number of β-lactam (4-membered cyclic amide) rings is 1. The van der Waals surface area contributed by atoms with E-state index in [4.69, 9.17) is 15.3 Å². The molecule has 2 aromatic heterocycles. The van der Waals surface area contributed by atoms with E-state index in [1.807, 2.05) is 12.1 Å². The number of aromatic nitrogens is 2. The van der Waals surface area contributed by atoms with Crippen molar-refractivity contribution in [2.75, 3.05) is 30.5 Å². The lowest BCUT2D eigenvalue weighted by Gasteiger charge is -2.49. The van der Waals surface area contributed by atoms with Crippen LogP contribution in [0.3, 0.4) is 0 Å². The van der Waals surface area contributed by atoms with Crippen LogP contribution < -0.4 is 25.7 Å². The zero-order valence-corrected chi connectivity index (χ0v) is 31.4. The number of nitrogen functional groups attached to an aromatic ring is 1. The van der Waals surface area contributed by atoms with Crippen molar-refractivity contribution in [1.82, 2.24) is 20.1 Å². The third-order valence-corrected chi connectivity index (χ3v) is 11.6. The van der Waals surface area contributed by atoms with Gasteiger partial charge in [0.25, 0.3) is 17.7 Å². The molecule has 0 bridgehead atoms. The Balaban J connectivity index is 0.973. The zero-order chi connectivity index (χ0) is 38.6. The van der Waals surface area contributed by atoms with Gasteiger partial charge in [-0.3, -0.25) is 24.1 Å². The van der Waals surface area contributed by atoms with E-state index in [1.165, 1.54) is 11.8 Å². The van der Waals surface area contributed by atoms with Gasteiger partial charge in [-0.05, 0) is 73.6 Å². The number of nitrogens with two attached hydrogens (primary N) is 1. The fraction of sp³-hybridized carbons (Fsp3) is 0.351. The average molecular weight is 788 g/mol. The number of carboxylic acids is 1. The summed E-state index contributed by atoms with van der Waals surface area (Å²) in [7, 11) is 1.57. The van der Waals surface area contributed by atoms with Crippen LogP contribution in [0.2, 0.25) is 0 Å². The van der Waals surface area contributed by atoms with Crippen LogP contribution in [-0.2, 0) is 41.9 Å². The van der Waals surface area contributed by atoms with Crippen LogP contribution in [0.15, 0.2) is 82.2 Å². The Hall–Kier alpha value is -5.75. The van der Waals surface area contributed by atoms with E-state index in [1.54, 1.807) is 64.7 Å². The summed E-state index contributed by atoms with van der Waals surface area (Å²) in [5.41, 5.74) is 7.99. The Labute approximate surface area is 324 Å². The Morgan fingerprint density at radius 1 is 1.13 bits per heavy atom. The van der Waals surface area contributed by atoms with E-state index in [0.29, 0.717) is 42.1 Å². The lowest BCUT2D eigenvalue weighted by atomic mass is 10.0. The molecule has 1 saturated carbocycles. The van der Waals surface area contributed by atoms with Crippen LogP contribution >= 0.6 is 23.1 Å². The number of aliphatic carboxylic acids is 1. The van der Waals surface area contributed by atoms with Crippen molar-refractivity contribution in [3.63, 3.8) is 0 Å². The largest absolute Gasteiger partial charge is 0.497 e. The maximum absolute atomic E-state index is 13.5. The Kier molecular flexibility index (Phi) is 11.1. The second-order valence-corrected chi connectivity index (χ2v) is 15.4. The summed E-state index contributed by atoms with van der Waals surface area (Å²) >= 11 is 2.43. The summed E-state index contributed by atoms with van der Waals surface area (Å²) in [6.45, 7) is 0.860. The van der Waals surface area contributed by atoms with Crippen molar-refractivity contribution in [3.8, 4) is 5.75 Å². The highest BCUT2D eigenvalue weighted by atomic mass is 32.2. The number of thiazole rings is 1. The summed E-state index contributed by atoms with van der Waals surface area (Å²) in [4.78, 5) is 78.1. The molecule has 2 saturated heterocycles. The number of thioether (sulfide) groups is 1. The number of carboxylic acid groups (broad SMARTS) is 1. The van der Waals surface area contributed by atoms with Gasteiger partial charge in [-0.1, -0.05) is 5.16 Å². The summed E-state index contributed by atoms with van der Waals surface area (Å²) < 4.78 is 6.88. The molecule has 4 amide bonds. The maximum atomic E-state index is 13.5. The quantitative estimate of drug-likeness (QED) is 0.0650. The number of methoxy groups -OCH3 is 1. The highest BCUT2D eigenvalue weighted by Crippen LogP contribution is 2.41. The molecule has 55 heavy (non-hydrogen) atoms. The molecule has 3 fully saturated rings. The van der Waals surface area contributed by atoms with Crippen LogP contribution in [0.4, 0.5) is 10.8 Å². The number of pyridine rings is 1. The summed E-state index contributed by atoms with van der Waals surface area (Å²) in [5, 5.41) is 21.0. The van der Waals surface area contributed by atoms with Crippen molar-refractivity contribution in [3.05, 3.63) is 88.3 Å². The molecule has 0 spiro atoms. The number of allylic oxidation sites excluding steroid dienone is 1. The van der Waals surface area contributed by atoms with Crippen LogP contribution in [-0.4, -0.2) is 92.1 Å². The number of nitrogens with one attached hydrogen (secondary N) is 2. The molecular weight excluding hydrogens is 749 g/mol. The number of nitrogens with zero attached hydrogens (tertiary/aromatic N) is 5. The molecule has 3 aromatic rings. The molecule has 16 nitrogen and oxygen atoms in total. The van der Waals surface area contributed by atoms with Crippen LogP contribution in [0.1, 0.15) is 43.4 Å². The standard InChI is InChI=1S/C37H38N8O8S2/c1-52-25-8-6-24(7-9-25)39-28(46)18-43-13-10-21(11-14-43)17-44-15-12-22(33(44)48)16-23-19-54-35-30(34(49)45(35)31(23)36(50)51)41-32(47)29(27-20-55-37(38)40-27)42-53-26-4-2-3-5-26/h6-11,13-14,16,20,26,30,35H,2-5,12,15,17-19H2,1H3,(H4-,38,39,40,41,46,47,50,51)/p+1/t30-,35-/m1/s1. The van der Waals surface area contributed by atoms with Crippen molar-refractivity contribution < 1.29 is 43.2 Å². The van der Waals surface area contributed by atoms with Gasteiger partial charge in [-0.15, -0.1) is 23.1 Å². The molecule has 2 atom stereocenters. The van der Waals surface area contributed by atoms with E-state index < -0.39 is 29.2 Å². The van der Waals surface area contributed by atoms with Gasteiger partial charge >= 0.3 is 5.97 Å². The highest BCUT2D eigenvalue weighted by molar-refractivity contribution is 8.00. The summed E-state index contributed by atoms with van der Waals surface area (Å²) in [6.07, 6.45) is 9.06. The van der Waals surface area contributed by atoms with Crippen LogP contribution in [0.25, 0.3) is 0 Å². The van der Waals surface area contributed by atoms with Gasteiger partial charge in [-0.2, -0.15) is 4.57 Å². The van der Waals surface area contributed by atoms with Gasteiger partial charge in [0.1, 0.15) is 34.7 Å². The van der Waals surface area contributed by atoms with E-state index in [0.717, 1.165) is 47.5 Å². The lowest BCUT2D eigenvalue weighted by molar-refractivity contribution is -0.684. The zero-order valence-electron chi connectivity index (χ0n) is 29.8. The van der Waals surface area contributed by atoms with Crippen molar-refractivity contribution in [2.24, 2.45) is 5.16 Å². The summed E-state index contributed by atoms with van der Waals surface area (Å²) in [5.74, 6) is -2.11. The van der Waals surface area contributed by atoms with Crippen molar-refractivity contribution >= 4 is 69.2 Å². The normalized spacial score (nSPS) is 20.7. The first-order valence-electron chi connectivity index (χ1n) is 17.7. The molecule has 3 aliphatic heterocycles. The third kappa shape index (κ3) is 8.34. The second-order valence-electron chi connectivity index (χ2n) is 13.4. The van der Waals surface area contributed by atoms with Gasteiger partial charge in [0.15, 0.2) is 23.2 Å². The molecule has 5 N–H and O–H groups in total. The van der Waals surface area contributed by atoms with Crippen LogP contribution in [0.5, 0.6) is 5.75 Å². The lowest BCUT2D eigenvalue weighted by Crippen LogP contribution is -2.71. The molecular formula is C37H39N8O8S2+. The van der Waals surface area contributed by atoms with Gasteiger partial charge in [-0.25, -0.2) is 9.78 Å². The number of likely N-dealkylation sites (tertiary alicyclic amines) is 1. The minimum absolute atomic E-state index is 0.0984. The first kappa shape index (κ1) is 37.6. The van der Waals surface area contributed by atoms with E-state index in [-0.39, 0.29) is 52.5 Å². The fourth-order valence-corrected chi connectivity index (χ4v) is 8.66. The van der Waals surface area contributed by atoms with Gasteiger partial charge in [0.05, 0.1) is 7.11 Å². The first-order chi connectivity index (χ1) is 26.6. The number of ether oxygens (including phenoxy) is 1. The Morgan fingerprint density at radius 3 is 2.55 bits per heavy atom. The van der Waals surface area contributed by atoms with Gasteiger partial charge in [0, 0.05) is 47.6 Å². The van der Waals surface area contributed by atoms with E-state index in [9.17, 15) is 29.1 Å². The van der Waals surface area contributed by atoms with E-state index in [2.05, 4.69) is 20.8 Å². The maximum Gasteiger partial charge on any atom is 0.352 e. The van der Waals surface area contributed by atoms with Crippen molar-refractivity contribution in [1.29, 1.82) is 0 Å². The monoisotopic (exact) mass is 787 g/mol. The molecule has 4 aliphatic rings. The molecule has 1 aliphatic carbocycles. The number of carbonyl (C=O) groups is 5. The number of hydrogen-bond donors (Lipinski definition) is 4. The number of amides is 4. The number of benzene rings is 1. The molecule has 5 heterocycles. The third-order valence-electron chi connectivity index (χ3n) is 9.66. The number of rotatable bonds is 13. The van der Waals surface area contributed by atoms with Gasteiger partial charge < -0.3 is 35.9 Å². The topological polar surface area (TPSA) is 210 Å². The second kappa shape index (κ2) is 16.3. The number of oxime groups is 1. The summed E-state index contributed by atoms with van der Waals surface area (Å²) in [6, 6.07) is 9.71. The fourth-order valence-electron chi connectivity index (χ4n) is 6.81. The van der Waals surface area contributed by atoms with E-state index >= 15 is 0 Å². The number of carbonyl (C=O) groups excluding carboxylic acids is 4. The number of hydrogen-bond acceptors (Lipinski definition) is 12. The SMILES string of the molecule is COc1ccc(NC(=O)C[n+]2ccc(CN3CCC(=CC4=C(C(=O)O)N5C(=O)[C@@H](NC(=O)C(=NOC6CCCC6)c6csc(N)n6)[C@H]5SC4)C3=O)cc2)cc1. The van der Waals surface area contributed by atoms with Crippen molar-refractivity contribution in [2.45, 2.75) is 62.7 Å². The smallest absolute Gasteiger partial charge is 0.352 e. The Morgan fingerprint density at radius 2 is 1.87 bits per heavy atom. The molecule has 0 unspecified atom stereocenters. The minimum Gasteiger partial charge on any atom is -0.497 e. The number of fused-ring (bicyclic) bond motifs is 1. The molecule has 0 radical (unpaired) electrons. The highest BCUT2D eigenvalue weighted by Gasteiger charge is 2.54. The van der Waals surface area contributed by atoms with Crippen LogP contribution in [0, 0.1) is 0 Å². The molecule has 7 rings (SSSR count). The number of anilines is 2. The minimum atomic E-state index is -1.31. The molecule has 286 valence electrons. The predicted molar refractivity (Wildman–Crippen MR) is 202 cm³/mol. The van der Waals surface area contributed by atoms with Gasteiger partial charge in [0.2, 0.25) is 12.5 Å². The Bertz CT molecular complexity index is 2090. The molecule has 18 heteroatoms. The average Bonchev–Trinajstić information content (AvgIpc) is 3.94.